The molecule has 1 aliphatic rings. The van der Waals surface area contributed by atoms with Crippen molar-refractivity contribution in [2.75, 3.05) is 26.2 Å². The summed E-state index contributed by atoms with van der Waals surface area (Å²) in [7, 11) is 0. The summed E-state index contributed by atoms with van der Waals surface area (Å²) >= 11 is 0. The fourth-order valence-electron chi connectivity index (χ4n) is 2.69. The quantitative estimate of drug-likeness (QED) is 0.904. The number of furan rings is 1. The standard InChI is InChI=1S/C17H31N3O/c1-14(2)20-9-7-19(8-10-20)13-15-6-11-21-16(15)12-18-17(3,4)5/h6,11,14,18H,7-10,12-13H2,1-5H3. The summed E-state index contributed by atoms with van der Waals surface area (Å²) < 4.78 is 5.66. The van der Waals surface area contributed by atoms with Crippen molar-refractivity contribution in [3.8, 4) is 0 Å². The number of hydrogen-bond acceptors (Lipinski definition) is 4. The van der Waals surface area contributed by atoms with Crippen LogP contribution >= 0.6 is 0 Å². The van der Waals surface area contributed by atoms with Gasteiger partial charge in [0.1, 0.15) is 5.76 Å². The van der Waals surface area contributed by atoms with Crippen LogP contribution in [0.15, 0.2) is 16.7 Å². The van der Waals surface area contributed by atoms with E-state index in [4.69, 9.17) is 4.42 Å². The Morgan fingerprint density at radius 1 is 1.19 bits per heavy atom. The van der Waals surface area contributed by atoms with Crippen molar-refractivity contribution in [2.24, 2.45) is 0 Å². The van der Waals surface area contributed by atoms with Gasteiger partial charge in [-0.3, -0.25) is 9.80 Å². The summed E-state index contributed by atoms with van der Waals surface area (Å²) in [6.07, 6.45) is 1.82. The molecule has 4 heteroatoms. The number of rotatable bonds is 5. The molecule has 1 saturated heterocycles. The molecule has 0 saturated carbocycles. The summed E-state index contributed by atoms with van der Waals surface area (Å²) in [5.41, 5.74) is 1.44. The first-order valence-corrected chi connectivity index (χ1v) is 8.12. The molecule has 0 aliphatic carbocycles. The van der Waals surface area contributed by atoms with Gasteiger partial charge in [0.2, 0.25) is 0 Å². The normalized spacial score (nSPS) is 18.6. The second-order valence-corrected chi connectivity index (χ2v) is 7.38. The zero-order chi connectivity index (χ0) is 15.5. The van der Waals surface area contributed by atoms with Crippen LogP contribution in [0.3, 0.4) is 0 Å². The smallest absolute Gasteiger partial charge is 0.122 e. The highest BCUT2D eigenvalue weighted by Gasteiger charge is 2.20. The van der Waals surface area contributed by atoms with Crippen molar-refractivity contribution in [3.63, 3.8) is 0 Å². The third kappa shape index (κ3) is 5.13. The van der Waals surface area contributed by atoms with Crippen LogP contribution in [-0.2, 0) is 13.1 Å². The molecule has 0 amide bonds. The summed E-state index contributed by atoms with van der Waals surface area (Å²) in [5, 5.41) is 3.50. The van der Waals surface area contributed by atoms with Crippen LogP contribution in [0, 0.1) is 0 Å². The first-order valence-electron chi connectivity index (χ1n) is 8.12. The molecule has 4 nitrogen and oxygen atoms in total. The molecule has 0 radical (unpaired) electrons. The lowest BCUT2D eigenvalue weighted by Crippen LogP contribution is -2.48. The minimum atomic E-state index is 0.118. The molecule has 1 aromatic heterocycles. The summed E-state index contributed by atoms with van der Waals surface area (Å²) in [6.45, 7) is 17.6. The zero-order valence-corrected chi connectivity index (χ0v) is 14.3. The molecule has 0 aromatic carbocycles. The number of nitrogens with zero attached hydrogens (tertiary/aromatic N) is 2. The summed E-state index contributed by atoms with van der Waals surface area (Å²) in [4.78, 5) is 5.08. The molecule has 0 bridgehead atoms. The Balaban J connectivity index is 1.85. The van der Waals surface area contributed by atoms with Gasteiger partial charge in [0.05, 0.1) is 12.8 Å². The Bertz CT molecular complexity index is 425. The van der Waals surface area contributed by atoms with Crippen LogP contribution < -0.4 is 5.32 Å². The Morgan fingerprint density at radius 2 is 1.86 bits per heavy atom. The second-order valence-electron chi connectivity index (χ2n) is 7.38. The van der Waals surface area contributed by atoms with Crippen LogP contribution in [0.1, 0.15) is 45.9 Å². The zero-order valence-electron chi connectivity index (χ0n) is 14.3. The molecule has 2 rings (SSSR count). The minimum absolute atomic E-state index is 0.118. The SMILES string of the molecule is CC(C)N1CCN(Cc2ccoc2CNC(C)(C)C)CC1. The van der Waals surface area contributed by atoms with E-state index in [0.717, 1.165) is 31.9 Å². The van der Waals surface area contributed by atoms with Gasteiger partial charge in [-0.15, -0.1) is 0 Å². The lowest BCUT2D eigenvalue weighted by molar-refractivity contribution is 0.103. The predicted octanol–water partition coefficient (Wildman–Crippen LogP) is 2.69. The van der Waals surface area contributed by atoms with Gasteiger partial charge in [-0.2, -0.15) is 0 Å². The minimum Gasteiger partial charge on any atom is -0.468 e. The van der Waals surface area contributed by atoms with Gasteiger partial charge in [-0.1, -0.05) is 0 Å². The third-order valence-corrected chi connectivity index (χ3v) is 4.15. The van der Waals surface area contributed by atoms with E-state index in [1.165, 1.54) is 18.7 Å². The van der Waals surface area contributed by atoms with E-state index in [2.05, 4.69) is 55.8 Å². The van der Waals surface area contributed by atoms with Crippen molar-refractivity contribution >= 4 is 0 Å². The Hall–Kier alpha value is -0.840. The number of nitrogens with one attached hydrogen (secondary N) is 1. The van der Waals surface area contributed by atoms with Crippen LogP contribution in [-0.4, -0.2) is 47.6 Å². The Kier molecular flexibility index (Phi) is 5.47. The van der Waals surface area contributed by atoms with Gasteiger partial charge in [0.25, 0.3) is 0 Å². The molecule has 1 aliphatic heterocycles. The maximum atomic E-state index is 5.66. The molecule has 2 heterocycles. The van der Waals surface area contributed by atoms with Crippen LogP contribution in [0.25, 0.3) is 0 Å². The maximum Gasteiger partial charge on any atom is 0.122 e. The highest BCUT2D eigenvalue weighted by atomic mass is 16.3. The van der Waals surface area contributed by atoms with E-state index in [-0.39, 0.29) is 5.54 Å². The number of piperazine rings is 1. The van der Waals surface area contributed by atoms with Gasteiger partial charge < -0.3 is 9.73 Å². The third-order valence-electron chi connectivity index (χ3n) is 4.15. The van der Waals surface area contributed by atoms with Gasteiger partial charge in [0.15, 0.2) is 0 Å². The first-order chi connectivity index (χ1) is 9.85. The topological polar surface area (TPSA) is 31.6 Å². The van der Waals surface area contributed by atoms with Gasteiger partial charge >= 0.3 is 0 Å². The van der Waals surface area contributed by atoms with Crippen molar-refractivity contribution in [1.29, 1.82) is 0 Å². The molecule has 1 N–H and O–H groups in total. The van der Waals surface area contributed by atoms with Crippen LogP contribution in [0.4, 0.5) is 0 Å². The Morgan fingerprint density at radius 3 is 2.43 bits per heavy atom. The molecule has 120 valence electrons. The second kappa shape index (κ2) is 6.95. The van der Waals surface area contributed by atoms with Crippen molar-refractivity contribution in [2.45, 2.75) is 59.3 Å². The highest BCUT2D eigenvalue weighted by molar-refractivity contribution is 5.17. The molecule has 1 aromatic rings. The van der Waals surface area contributed by atoms with E-state index in [1.807, 2.05) is 6.26 Å². The monoisotopic (exact) mass is 293 g/mol. The largest absolute Gasteiger partial charge is 0.468 e. The fourth-order valence-corrected chi connectivity index (χ4v) is 2.69. The van der Waals surface area contributed by atoms with Gasteiger partial charge in [0, 0.05) is 49.9 Å². The molecule has 0 spiro atoms. The van der Waals surface area contributed by atoms with Crippen molar-refractivity contribution in [1.82, 2.24) is 15.1 Å². The molecular formula is C17H31N3O. The van der Waals surface area contributed by atoms with Gasteiger partial charge in [-0.25, -0.2) is 0 Å². The lowest BCUT2D eigenvalue weighted by atomic mass is 10.1. The van der Waals surface area contributed by atoms with Crippen LogP contribution in [0.2, 0.25) is 0 Å². The van der Waals surface area contributed by atoms with Crippen LogP contribution in [0.5, 0.6) is 0 Å². The molecule has 21 heavy (non-hydrogen) atoms. The summed E-state index contributed by atoms with van der Waals surface area (Å²) in [5.74, 6) is 1.08. The van der Waals surface area contributed by atoms with E-state index in [9.17, 15) is 0 Å². The summed E-state index contributed by atoms with van der Waals surface area (Å²) in [6, 6.07) is 2.78. The average Bonchev–Trinajstić information content (AvgIpc) is 2.83. The van der Waals surface area contributed by atoms with Crippen molar-refractivity contribution < 1.29 is 4.42 Å². The molecular weight excluding hydrogens is 262 g/mol. The van der Waals surface area contributed by atoms with Gasteiger partial charge in [-0.05, 0) is 40.7 Å². The number of hydrogen-bond donors (Lipinski definition) is 1. The van der Waals surface area contributed by atoms with Crippen molar-refractivity contribution in [3.05, 3.63) is 23.7 Å². The van der Waals surface area contributed by atoms with E-state index >= 15 is 0 Å². The molecule has 1 fully saturated rings. The maximum absolute atomic E-state index is 5.66. The Labute approximate surface area is 129 Å². The fraction of sp³-hybridized carbons (Fsp3) is 0.765. The van der Waals surface area contributed by atoms with E-state index in [0.29, 0.717) is 6.04 Å². The van der Waals surface area contributed by atoms with E-state index < -0.39 is 0 Å². The highest BCUT2D eigenvalue weighted by Crippen LogP contribution is 2.16. The lowest BCUT2D eigenvalue weighted by Gasteiger charge is -2.36. The molecule has 0 unspecified atom stereocenters. The first kappa shape index (κ1) is 16.5. The predicted molar refractivity (Wildman–Crippen MR) is 87.3 cm³/mol. The van der Waals surface area contributed by atoms with E-state index in [1.54, 1.807) is 0 Å². The average molecular weight is 293 g/mol. The molecule has 0 atom stereocenters.